The minimum atomic E-state index is 0.535. The first-order chi connectivity index (χ1) is 8.26. The van der Waals surface area contributed by atoms with Gasteiger partial charge >= 0.3 is 0 Å². The van der Waals surface area contributed by atoms with Gasteiger partial charge in [0.15, 0.2) is 11.5 Å². The molecule has 88 valence electrons. The minimum absolute atomic E-state index is 0.535. The molecule has 0 aliphatic carbocycles. The zero-order valence-electron chi connectivity index (χ0n) is 9.81. The maximum absolute atomic E-state index is 5.91. The van der Waals surface area contributed by atoms with Gasteiger partial charge in [0.25, 0.3) is 0 Å². The molecular formula is C13H14N2O2. The predicted molar refractivity (Wildman–Crippen MR) is 67.2 cm³/mol. The Bertz CT molecular complexity index is 512. The number of nitrogens with two attached hydrogens (primary N) is 1. The quantitative estimate of drug-likeness (QED) is 0.822. The van der Waals surface area contributed by atoms with Crippen molar-refractivity contribution in [2.24, 2.45) is 0 Å². The van der Waals surface area contributed by atoms with Gasteiger partial charge in [-0.1, -0.05) is 6.07 Å². The number of aromatic nitrogens is 1. The number of benzene rings is 1. The lowest BCUT2D eigenvalue weighted by molar-refractivity contribution is 0.356. The van der Waals surface area contributed by atoms with Gasteiger partial charge in [0.2, 0.25) is 0 Å². The number of hydrogen-bond donors (Lipinski definition) is 1. The average molecular weight is 230 g/mol. The van der Waals surface area contributed by atoms with E-state index in [2.05, 4.69) is 4.98 Å². The maximum Gasteiger partial charge on any atom is 0.183 e. The van der Waals surface area contributed by atoms with Crippen LogP contribution in [0.2, 0.25) is 0 Å². The molecule has 0 fully saturated rings. The van der Waals surface area contributed by atoms with Crippen molar-refractivity contribution in [3.63, 3.8) is 0 Å². The second kappa shape index (κ2) is 4.74. The molecule has 2 rings (SSSR count). The monoisotopic (exact) mass is 230 g/mol. The molecule has 0 radical (unpaired) electrons. The van der Waals surface area contributed by atoms with E-state index in [0.29, 0.717) is 17.2 Å². The summed E-state index contributed by atoms with van der Waals surface area (Å²) in [5.41, 5.74) is 8.20. The Morgan fingerprint density at radius 2 is 1.94 bits per heavy atom. The summed E-state index contributed by atoms with van der Waals surface area (Å²) in [6.45, 7) is 0. The molecule has 0 spiro atoms. The summed E-state index contributed by atoms with van der Waals surface area (Å²) in [5, 5.41) is 0. The number of anilines is 1. The predicted octanol–water partition coefficient (Wildman–Crippen LogP) is 2.35. The Hall–Kier alpha value is -2.23. The highest BCUT2D eigenvalue weighted by atomic mass is 16.5. The van der Waals surface area contributed by atoms with Gasteiger partial charge in [0, 0.05) is 11.8 Å². The van der Waals surface area contributed by atoms with E-state index in [1.54, 1.807) is 20.4 Å². The summed E-state index contributed by atoms with van der Waals surface area (Å²) in [5.74, 6) is 1.15. The summed E-state index contributed by atoms with van der Waals surface area (Å²) in [6, 6.07) is 9.39. The van der Waals surface area contributed by atoms with Crippen LogP contribution in [0.5, 0.6) is 11.5 Å². The molecule has 0 atom stereocenters. The van der Waals surface area contributed by atoms with E-state index in [4.69, 9.17) is 15.2 Å². The van der Waals surface area contributed by atoms with Crippen molar-refractivity contribution in [3.05, 3.63) is 36.5 Å². The standard InChI is InChI=1S/C13H14N2O2/c1-16-12-8-9(7-10(14)13(12)17-2)11-5-3-4-6-15-11/h3-8H,14H2,1-2H3. The third kappa shape index (κ3) is 2.15. The Labute approximate surface area is 100 Å². The minimum Gasteiger partial charge on any atom is -0.493 e. The van der Waals surface area contributed by atoms with Crippen LogP contribution in [-0.4, -0.2) is 19.2 Å². The van der Waals surface area contributed by atoms with Crippen LogP contribution in [0, 0.1) is 0 Å². The normalized spacial score (nSPS) is 10.0. The molecule has 4 nitrogen and oxygen atoms in total. The van der Waals surface area contributed by atoms with Crippen molar-refractivity contribution < 1.29 is 9.47 Å². The van der Waals surface area contributed by atoms with E-state index < -0.39 is 0 Å². The van der Waals surface area contributed by atoms with Gasteiger partial charge in [-0.15, -0.1) is 0 Å². The average Bonchev–Trinajstić information content (AvgIpc) is 2.38. The maximum atomic E-state index is 5.91. The molecule has 0 aliphatic heterocycles. The molecule has 1 heterocycles. The van der Waals surface area contributed by atoms with Gasteiger partial charge < -0.3 is 15.2 Å². The van der Waals surface area contributed by atoms with E-state index >= 15 is 0 Å². The third-order valence-electron chi connectivity index (χ3n) is 2.47. The number of pyridine rings is 1. The zero-order chi connectivity index (χ0) is 12.3. The number of nitrogen functional groups attached to an aromatic ring is 1. The van der Waals surface area contributed by atoms with Crippen molar-refractivity contribution in [2.75, 3.05) is 20.0 Å². The molecule has 1 aromatic carbocycles. The fraction of sp³-hybridized carbons (Fsp3) is 0.154. The Morgan fingerprint density at radius 1 is 1.12 bits per heavy atom. The second-order valence-electron chi connectivity index (χ2n) is 3.52. The van der Waals surface area contributed by atoms with Crippen LogP contribution in [0.15, 0.2) is 36.5 Å². The highest BCUT2D eigenvalue weighted by Gasteiger charge is 2.11. The van der Waals surface area contributed by atoms with E-state index in [0.717, 1.165) is 11.3 Å². The first-order valence-corrected chi connectivity index (χ1v) is 5.19. The Morgan fingerprint density at radius 3 is 2.53 bits per heavy atom. The third-order valence-corrected chi connectivity index (χ3v) is 2.47. The highest BCUT2D eigenvalue weighted by Crippen LogP contribution is 2.37. The summed E-state index contributed by atoms with van der Waals surface area (Å²) in [6.07, 6.45) is 1.74. The Balaban J connectivity index is 2.54. The van der Waals surface area contributed by atoms with Crippen LogP contribution in [0.3, 0.4) is 0 Å². The van der Waals surface area contributed by atoms with E-state index in [9.17, 15) is 0 Å². The van der Waals surface area contributed by atoms with Crippen LogP contribution in [0.1, 0.15) is 0 Å². The van der Waals surface area contributed by atoms with Gasteiger partial charge in [0.1, 0.15) is 0 Å². The lowest BCUT2D eigenvalue weighted by Gasteiger charge is -2.12. The number of hydrogen-bond acceptors (Lipinski definition) is 4. The zero-order valence-corrected chi connectivity index (χ0v) is 9.81. The Kier molecular flexibility index (Phi) is 3.14. The molecule has 0 saturated carbocycles. The summed E-state index contributed by atoms with van der Waals surface area (Å²) >= 11 is 0. The van der Waals surface area contributed by atoms with Gasteiger partial charge in [0.05, 0.1) is 25.6 Å². The van der Waals surface area contributed by atoms with E-state index in [-0.39, 0.29) is 0 Å². The molecule has 2 aromatic rings. The molecule has 0 bridgehead atoms. The number of ether oxygens (including phenoxy) is 2. The summed E-state index contributed by atoms with van der Waals surface area (Å²) in [4.78, 5) is 4.27. The van der Waals surface area contributed by atoms with Crippen molar-refractivity contribution in [1.29, 1.82) is 0 Å². The van der Waals surface area contributed by atoms with Crippen molar-refractivity contribution in [2.45, 2.75) is 0 Å². The van der Waals surface area contributed by atoms with Gasteiger partial charge in [-0.25, -0.2) is 0 Å². The summed E-state index contributed by atoms with van der Waals surface area (Å²) in [7, 11) is 3.15. The lowest BCUT2D eigenvalue weighted by Crippen LogP contribution is -1.97. The van der Waals surface area contributed by atoms with E-state index in [1.165, 1.54) is 0 Å². The smallest absolute Gasteiger partial charge is 0.183 e. The fourth-order valence-corrected chi connectivity index (χ4v) is 1.68. The largest absolute Gasteiger partial charge is 0.493 e. The van der Waals surface area contributed by atoms with E-state index in [1.807, 2.05) is 30.3 Å². The topological polar surface area (TPSA) is 57.4 Å². The number of nitrogens with zero attached hydrogens (tertiary/aromatic N) is 1. The molecule has 17 heavy (non-hydrogen) atoms. The molecule has 0 saturated heterocycles. The van der Waals surface area contributed by atoms with Crippen molar-refractivity contribution in [1.82, 2.24) is 4.98 Å². The molecule has 2 N–H and O–H groups in total. The molecule has 4 heteroatoms. The lowest BCUT2D eigenvalue weighted by atomic mass is 10.1. The van der Waals surface area contributed by atoms with Crippen LogP contribution >= 0.6 is 0 Å². The SMILES string of the molecule is COc1cc(-c2ccccn2)cc(N)c1OC. The van der Waals surface area contributed by atoms with Crippen LogP contribution in [0.25, 0.3) is 11.3 Å². The van der Waals surface area contributed by atoms with Crippen LogP contribution < -0.4 is 15.2 Å². The number of methoxy groups -OCH3 is 2. The molecule has 0 amide bonds. The number of rotatable bonds is 3. The van der Waals surface area contributed by atoms with Crippen molar-refractivity contribution >= 4 is 5.69 Å². The highest BCUT2D eigenvalue weighted by molar-refractivity contribution is 5.73. The van der Waals surface area contributed by atoms with Gasteiger partial charge in [-0.2, -0.15) is 0 Å². The molecular weight excluding hydrogens is 216 g/mol. The molecule has 0 aliphatic rings. The molecule has 0 unspecified atom stereocenters. The van der Waals surface area contributed by atoms with Gasteiger partial charge in [-0.05, 0) is 24.3 Å². The first kappa shape index (κ1) is 11.3. The van der Waals surface area contributed by atoms with Crippen LogP contribution in [0.4, 0.5) is 5.69 Å². The second-order valence-corrected chi connectivity index (χ2v) is 3.52. The van der Waals surface area contributed by atoms with Gasteiger partial charge in [-0.3, -0.25) is 4.98 Å². The first-order valence-electron chi connectivity index (χ1n) is 5.19. The van der Waals surface area contributed by atoms with Crippen molar-refractivity contribution in [3.8, 4) is 22.8 Å². The summed E-state index contributed by atoms with van der Waals surface area (Å²) < 4.78 is 10.4. The fourth-order valence-electron chi connectivity index (χ4n) is 1.68. The molecule has 1 aromatic heterocycles. The van der Waals surface area contributed by atoms with Crippen LogP contribution in [-0.2, 0) is 0 Å².